The quantitative estimate of drug-likeness (QED) is 0.725. The van der Waals surface area contributed by atoms with Gasteiger partial charge in [0.1, 0.15) is 11.6 Å². The topological polar surface area (TPSA) is 76.4 Å². The summed E-state index contributed by atoms with van der Waals surface area (Å²) in [5.74, 6) is 1.42. The second-order valence-corrected chi connectivity index (χ2v) is 7.15. The number of methoxy groups -OCH3 is 1. The number of ether oxygens (including phenoxy) is 2. The highest BCUT2D eigenvalue weighted by Crippen LogP contribution is 2.27. The first-order valence-corrected chi connectivity index (χ1v) is 9.35. The Bertz CT molecular complexity index is 906. The molecule has 1 fully saturated rings. The van der Waals surface area contributed by atoms with Crippen molar-refractivity contribution in [2.75, 3.05) is 32.5 Å². The molecule has 6 nitrogen and oxygen atoms in total. The molecular formula is C21H26N4O2. The zero-order valence-electron chi connectivity index (χ0n) is 15.8. The maximum Gasteiger partial charge on any atom is 0.123 e. The van der Waals surface area contributed by atoms with Gasteiger partial charge < -0.3 is 20.2 Å². The van der Waals surface area contributed by atoms with Gasteiger partial charge in [-0.15, -0.1) is 0 Å². The van der Waals surface area contributed by atoms with Crippen molar-refractivity contribution in [3.8, 4) is 5.75 Å². The van der Waals surface area contributed by atoms with Gasteiger partial charge in [-0.1, -0.05) is 6.07 Å². The second-order valence-electron chi connectivity index (χ2n) is 7.15. The van der Waals surface area contributed by atoms with Gasteiger partial charge in [0.25, 0.3) is 0 Å². The lowest BCUT2D eigenvalue weighted by Crippen LogP contribution is -2.44. The molecule has 1 aliphatic rings. The molecule has 0 bridgehead atoms. The molecule has 2 unspecified atom stereocenters. The summed E-state index contributed by atoms with van der Waals surface area (Å²) in [7, 11) is 1.70. The number of anilines is 1. The molecule has 2 aromatic heterocycles. The normalized spacial score (nSPS) is 19.3. The number of fused-ring (bicyclic) bond motifs is 1. The van der Waals surface area contributed by atoms with E-state index in [2.05, 4.69) is 40.1 Å². The van der Waals surface area contributed by atoms with Crippen molar-refractivity contribution in [2.24, 2.45) is 0 Å². The molecule has 1 aromatic carbocycles. The number of pyridine rings is 1. The van der Waals surface area contributed by atoms with Crippen molar-refractivity contribution in [1.29, 1.82) is 0 Å². The summed E-state index contributed by atoms with van der Waals surface area (Å²) >= 11 is 0. The Kier molecular flexibility index (Phi) is 5.01. The van der Waals surface area contributed by atoms with Crippen molar-refractivity contribution in [3.05, 3.63) is 53.9 Å². The van der Waals surface area contributed by atoms with Crippen LogP contribution in [0.1, 0.15) is 24.2 Å². The number of H-pyrrole nitrogens is 1. The van der Waals surface area contributed by atoms with Crippen molar-refractivity contribution in [1.82, 2.24) is 14.9 Å². The SMILES string of the molecule is COc1ccc2[nH]cc(CC(C)N3CCOC(c4ccc(N)nc4)C3)c2c1. The number of aromatic nitrogens is 2. The Morgan fingerprint density at radius 2 is 2.26 bits per heavy atom. The third kappa shape index (κ3) is 3.77. The molecule has 3 N–H and O–H groups in total. The van der Waals surface area contributed by atoms with Crippen LogP contribution >= 0.6 is 0 Å². The average molecular weight is 366 g/mol. The van der Waals surface area contributed by atoms with Gasteiger partial charge in [-0.05, 0) is 43.2 Å². The van der Waals surface area contributed by atoms with E-state index >= 15 is 0 Å². The molecule has 3 heterocycles. The average Bonchev–Trinajstić information content (AvgIpc) is 3.10. The van der Waals surface area contributed by atoms with Gasteiger partial charge in [0.05, 0.1) is 19.8 Å². The van der Waals surface area contributed by atoms with Crippen LogP contribution in [0.4, 0.5) is 5.82 Å². The lowest BCUT2D eigenvalue weighted by molar-refractivity contribution is -0.0425. The van der Waals surface area contributed by atoms with Gasteiger partial charge in [0.2, 0.25) is 0 Å². The van der Waals surface area contributed by atoms with Gasteiger partial charge in [0, 0.05) is 48.0 Å². The molecule has 3 aromatic rings. The number of aromatic amines is 1. The summed E-state index contributed by atoms with van der Waals surface area (Å²) < 4.78 is 11.4. The molecule has 0 spiro atoms. The minimum atomic E-state index is 0.0392. The van der Waals surface area contributed by atoms with Crippen molar-refractivity contribution >= 4 is 16.7 Å². The predicted octanol–water partition coefficient (Wildman–Crippen LogP) is 3.16. The summed E-state index contributed by atoms with van der Waals surface area (Å²) in [6, 6.07) is 10.4. The van der Waals surface area contributed by atoms with Crippen LogP contribution in [0, 0.1) is 0 Å². The van der Waals surface area contributed by atoms with Crippen LogP contribution < -0.4 is 10.5 Å². The van der Waals surface area contributed by atoms with Crippen LogP contribution in [0.25, 0.3) is 10.9 Å². The highest BCUT2D eigenvalue weighted by Gasteiger charge is 2.26. The summed E-state index contributed by atoms with van der Waals surface area (Å²) in [5.41, 5.74) is 9.24. The zero-order chi connectivity index (χ0) is 18.8. The van der Waals surface area contributed by atoms with Crippen LogP contribution in [0.5, 0.6) is 5.75 Å². The number of hydrogen-bond acceptors (Lipinski definition) is 5. The van der Waals surface area contributed by atoms with E-state index in [-0.39, 0.29) is 6.10 Å². The second kappa shape index (κ2) is 7.58. The maximum atomic E-state index is 5.97. The van der Waals surface area contributed by atoms with E-state index in [9.17, 15) is 0 Å². The number of benzene rings is 1. The first-order chi connectivity index (χ1) is 13.1. The van der Waals surface area contributed by atoms with E-state index in [4.69, 9.17) is 15.2 Å². The molecule has 2 atom stereocenters. The summed E-state index contributed by atoms with van der Waals surface area (Å²) in [6.07, 6.45) is 4.94. The monoisotopic (exact) mass is 366 g/mol. The number of rotatable bonds is 5. The molecule has 27 heavy (non-hydrogen) atoms. The lowest BCUT2D eigenvalue weighted by Gasteiger charge is -2.37. The van der Waals surface area contributed by atoms with Crippen LogP contribution in [-0.2, 0) is 11.2 Å². The third-order valence-corrected chi connectivity index (χ3v) is 5.39. The minimum absolute atomic E-state index is 0.0392. The fourth-order valence-corrected chi connectivity index (χ4v) is 3.78. The Morgan fingerprint density at radius 3 is 3.04 bits per heavy atom. The Balaban J connectivity index is 1.47. The number of morpholine rings is 1. The van der Waals surface area contributed by atoms with Crippen LogP contribution in [0.2, 0.25) is 0 Å². The van der Waals surface area contributed by atoms with Gasteiger partial charge in [-0.25, -0.2) is 4.98 Å². The van der Waals surface area contributed by atoms with Crippen molar-refractivity contribution in [3.63, 3.8) is 0 Å². The standard InChI is InChI=1S/C21H26N4O2/c1-14(9-16-12-23-19-5-4-17(26-2)10-18(16)19)25-7-8-27-20(13-25)15-3-6-21(22)24-11-15/h3-6,10-12,14,20,23H,7-9,13H2,1-2H3,(H2,22,24). The van der Waals surface area contributed by atoms with E-state index in [1.165, 1.54) is 10.9 Å². The van der Waals surface area contributed by atoms with Crippen LogP contribution in [0.3, 0.4) is 0 Å². The van der Waals surface area contributed by atoms with Gasteiger partial charge in [-0.3, -0.25) is 4.90 Å². The van der Waals surface area contributed by atoms with Crippen LogP contribution in [0.15, 0.2) is 42.7 Å². The molecule has 0 aliphatic carbocycles. The highest BCUT2D eigenvalue weighted by atomic mass is 16.5. The summed E-state index contributed by atoms with van der Waals surface area (Å²) in [5, 5.41) is 1.23. The largest absolute Gasteiger partial charge is 0.497 e. The molecule has 0 saturated carbocycles. The Labute approximate surface area is 159 Å². The molecule has 0 radical (unpaired) electrons. The Hall–Kier alpha value is -2.57. The van der Waals surface area contributed by atoms with E-state index in [1.807, 2.05) is 24.4 Å². The number of nitrogens with one attached hydrogen (secondary N) is 1. The summed E-state index contributed by atoms with van der Waals surface area (Å²) in [4.78, 5) is 10.1. The molecule has 1 aliphatic heterocycles. The third-order valence-electron chi connectivity index (χ3n) is 5.39. The van der Waals surface area contributed by atoms with E-state index in [0.29, 0.717) is 11.9 Å². The molecule has 1 saturated heterocycles. The van der Waals surface area contributed by atoms with E-state index in [0.717, 1.165) is 42.9 Å². The predicted molar refractivity (Wildman–Crippen MR) is 107 cm³/mol. The van der Waals surface area contributed by atoms with Gasteiger partial charge in [-0.2, -0.15) is 0 Å². The fourth-order valence-electron chi connectivity index (χ4n) is 3.78. The molecule has 0 amide bonds. The molecular weight excluding hydrogens is 340 g/mol. The minimum Gasteiger partial charge on any atom is -0.497 e. The highest BCUT2D eigenvalue weighted by molar-refractivity contribution is 5.84. The Morgan fingerprint density at radius 1 is 1.37 bits per heavy atom. The van der Waals surface area contributed by atoms with Crippen molar-refractivity contribution in [2.45, 2.75) is 25.5 Å². The first kappa shape index (κ1) is 17.8. The summed E-state index contributed by atoms with van der Waals surface area (Å²) in [6.45, 7) is 4.80. The number of nitrogens with zero attached hydrogens (tertiary/aromatic N) is 2. The maximum absolute atomic E-state index is 5.97. The number of nitrogens with two attached hydrogens (primary N) is 1. The smallest absolute Gasteiger partial charge is 0.123 e. The lowest BCUT2D eigenvalue weighted by atomic mass is 10.0. The molecule has 142 valence electrons. The first-order valence-electron chi connectivity index (χ1n) is 9.35. The zero-order valence-corrected chi connectivity index (χ0v) is 15.8. The number of hydrogen-bond donors (Lipinski definition) is 2. The van der Waals surface area contributed by atoms with Crippen molar-refractivity contribution < 1.29 is 9.47 Å². The molecule has 6 heteroatoms. The van der Waals surface area contributed by atoms with E-state index in [1.54, 1.807) is 7.11 Å². The van der Waals surface area contributed by atoms with E-state index < -0.39 is 0 Å². The fraction of sp³-hybridized carbons (Fsp3) is 0.381. The van der Waals surface area contributed by atoms with Gasteiger partial charge >= 0.3 is 0 Å². The van der Waals surface area contributed by atoms with Gasteiger partial charge in [0.15, 0.2) is 0 Å². The number of nitrogen functional groups attached to an aromatic ring is 1. The molecule has 4 rings (SSSR count). The van der Waals surface area contributed by atoms with Crippen LogP contribution in [-0.4, -0.2) is 47.7 Å².